The third-order valence-electron chi connectivity index (χ3n) is 4.01. The molecule has 24 heavy (non-hydrogen) atoms. The van der Waals surface area contributed by atoms with Crippen LogP contribution < -0.4 is 15.4 Å². The van der Waals surface area contributed by atoms with E-state index in [0.717, 1.165) is 11.6 Å². The smallest absolute Gasteiger partial charge is 0.275 e. The van der Waals surface area contributed by atoms with Gasteiger partial charge in [-0.2, -0.15) is 0 Å². The molecule has 0 spiro atoms. The molecule has 0 bridgehead atoms. The van der Waals surface area contributed by atoms with Gasteiger partial charge in [0.1, 0.15) is 17.3 Å². The molecule has 1 heterocycles. The first kappa shape index (κ1) is 16.2. The van der Waals surface area contributed by atoms with Crippen LogP contribution in [0.1, 0.15) is 43.1 Å². The summed E-state index contributed by atoms with van der Waals surface area (Å²) in [7, 11) is 0. The summed E-state index contributed by atoms with van der Waals surface area (Å²) in [5.74, 6) is 1.22. The summed E-state index contributed by atoms with van der Waals surface area (Å²) in [4.78, 5) is 20.7. The zero-order valence-electron chi connectivity index (χ0n) is 13.8. The lowest BCUT2D eigenvalue weighted by Gasteiger charge is -2.12. The fourth-order valence-corrected chi connectivity index (χ4v) is 2.80. The second-order valence-electron chi connectivity index (χ2n) is 5.82. The van der Waals surface area contributed by atoms with Crippen molar-refractivity contribution in [3.05, 3.63) is 42.4 Å². The molecular formula is C18H22N4O2. The Hall–Kier alpha value is -2.63. The average Bonchev–Trinajstić information content (AvgIpc) is 3.10. The van der Waals surface area contributed by atoms with Crippen LogP contribution in [-0.4, -0.2) is 28.5 Å². The first-order valence-corrected chi connectivity index (χ1v) is 8.37. The number of aromatic nitrogens is 2. The van der Waals surface area contributed by atoms with Crippen LogP contribution in [0, 0.1) is 0 Å². The summed E-state index contributed by atoms with van der Waals surface area (Å²) in [5, 5.41) is 6.16. The molecule has 1 amide bonds. The molecule has 0 aliphatic heterocycles. The molecular weight excluding hydrogens is 304 g/mol. The normalized spacial score (nSPS) is 14.4. The monoisotopic (exact) mass is 326 g/mol. The Kier molecular flexibility index (Phi) is 5.25. The number of carbonyl (C=O) groups is 1. The minimum Gasteiger partial charge on any atom is -0.494 e. The van der Waals surface area contributed by atoms with Gasteiger partial charge in [-0.15, -0.1) is 0 Å². The van der Waals surface area contributed by atoms with E-state index in [0.29, 0.717) is 24.0 Å². The number of benzene rings is 1. The summed E-state index contributed by atoms with van der Waals surface area (Å²) in [6.07, 6.45) is 7.97. The Balaban J connectivity index is 1.57. The number of amides is 1. The van der Waals surface area contributed by atoms with E-state index in [1.807, 2.05) is 19.1 Å². The Labute approximate surface area is 141 Å². The Morgan fingerprint density at radius 3 is 2.54 bits per heavy atom. The molecule has 1 aliphatic rings. The van der Waals surface area contributed by atoms with E-state index < -0.39 is 0 Å². The molecule has 0 atom stereocenters. The third-order valence-corrected chi connectivity index (χ3v) is 4.01. The van der Waals surface area contributed by atoms with Crippen LogP contribution in [0.25, 0.3) is 0 Å². The number of rotatable bonds is 6. The first-order chi connectivity index (χ1) is 11.7. The van der Waals surface area contributed by atoms with Crippen LogP contribution in [0.2, 0.25) is 0 Å². The highest BCUT2D eigenvalue weighted by atomic mass is 16.5. The zero-order valence-corrected chi connectivity index (χ0v) is 13.8. The zero-order chi connectivity index (χ0) is 16.8. The largest absolute Gasteiger partial charge is 0.494 e. The highest BCUT2D eigenvalue weighted by molar-refractivity contribution is 6.02. The van der Waals surface area contributed by atoms with Crippen LogP contribution >= 0.6 is 0 Å². The average molecular weight is 326 g/mol. The van der Waals surface area contributed by atoms with Crippen molar-refractivity contribution >= 4 is 17.4 Å². The first-order valence-electron chi connectivity index (χ1n) is 8.37. The summed E-state index contributed by atoms with van der Waals surface area (Å²) in [6.45, 7) is 2.54. The molecule has 1 aliphatic carbocycles. The lowest BCUT2D eigenvalue weighted by Crippen LogP contribution is -2.17. The van der Waals surface area contributed by atoms with E-state index in [1.54, 1.807) is 18.3 Å². The molecule has 3 rings (SSSR count). The van der Waals surface area contributed by atoms with Gasteiger partial charge in [0.2, 0.25) is 0 Å². The van der Waals surface area contributed by atoms with E-state index in [9.17, 15) is 4.79 Å². The van der Waals surface area contributed by atoms with Crippen LogP contribution in [0.3, 0.4) is 0 Å². The second-order valence-corrected chi connectivity index (χ2v) is 5.82. The van der Waals surface area contributed by atoms with Gasteiger partial charge in [0.25, 0.3) is 5.91 Å². The minimum atomic E-state index is -0.279. The van der Waals surface area contributed by atoms with Crippen molar-refractivity contribution in [3.63, 3.8) is 0 Å². The molecule has 0 saturated heterocycles. The number of hydrogen-bond donors (Lipinski definition) is 2. The maximum atomic E-state index is 12.2. The fourth-order valence-electron chi connectivity index (χ4n) is 2.80. The van der Waals surface area contributed by atoms with Gasteiger partial charge in [0.05, 0.1) is 19.0 Å². The molecule has 0 radical (unpaired) electrons. The van der Waals surface area contributed by atoms with Gasteiger partial charge in [-0.05, 0) is 44.0 Å². The predicted molar refractivity (Wildman–Crippen MR) is 93.5 cm³/mol. The van der Waals surface area contributed by atoms with Crippen molar-refractivity contribution in [2.75, 3.05) is 17.2 Å². The Morgan fingerprint density at radius 1 is 1.17 bits per heavy atom. The van der Waals surface area contributed by atoms with Gasteiger partial charge in [-0.25, -0.2) is 9.97 Å². The van der Waals surface area contributed by atoms with Crippen molar-refractivity contribution in [1.82, 2.24) is 9.97 Å². The van der Waals surface area contributed by atoms with E-state index >= 15 is 0 Å². The SMILES string of the molecule is CCOc1ccc(NC(=O)c2cnc(NC3CCCC3)cn2)cc1. The van der Waals surface area contributed by atoms with E-state index in [2.05, 4.69) is 20.6 Å². The molecule has 1 aromatic carbocycles. The maximum Gasteiger partial charge on any atom is 0.275 e. The molecule has 6 nitrogen and oxygen atoms in total. The van der Waals surface area contributed by atoms with E-state index in [1.165, 1.54) is 31.9 Å². The van der Waals surface area contributed by atoms with Crippen LogP contribution in [0.4, 0.5) is 11.5 Å². The summed E-state index contributed by atoms with van der Waals surface area (Å²) in [6, 6.07) is 7.71. The molecule has 2 aromatic rings. The summed E-state index contributed by atoms with van der Waals surface area (Å²) < 4.78 is 5.38. The summed E-state index contributed by atoms with van der Waals surface area (Å²) >= 11 is 0. The van der Waals surface area contributed by atoms with Crippen LogP contribution in [0.5, 0.6) is 5.75 Å². The van der Waals surface area contributed by atoms with E-state index in [-0.39, 0.29) is 5.91 Å². The Morgan fingerprint density at radius 2 is 1.92 bits per heavy atom. The quantitative estimate of drug-likeness (QED) is 0.850. The number of nitrogens with zero attached hydrogens (tertiary/aromatic N) is 2. The predicted octanol–water partition coefficient (Wildman–Crippen LogP) is 3.48. The number of hydrogen-bond acceptors (Lipinski definition) is 5. The van der Waals surface area contributed by atoms with Crippen LogP contribution in [0.15, 0.2) is 36.7 Å². The highest BCUT2D eigenvalue weighted by Crippen LogP contribution is 2.21. The number of ether oxygens (including phenoxy) is 1. The lowest BCUT2D eigenvalue weighted by atomic mass is 10.2. The topological polar surface area (TPSA) is 76.1 Å². The molecule has 0 unspecified atom stereocenters. The van der Waals surface area contributed by atoms with Gasteiger partial charge < -0.3 is 15.4 Å². The standard InChI is InChI=1S/C18H22N4O2/c1-2-24-15-9-7-14(8-10-15)22-18(23)16-11-20-17(12-19-16)21-13-5-3-4-6-13/h7-13H,2-6H2,1H3,(H,20,21)(H,22,23). The minimum absolute atomic E-state index is 0.279. The fraction of sp³-hybridized carbons (Fsp3) is 0.389. The van der Waals surface area contributed by atoms with Gasteiger partial charge in [-0.1, -0.05) is 12.8 Å². The molecule has 1 saturated carbocycles. The molecule has 6 heteroatoms. The van der Waals surface area contributed by atoms with E-state index in [4.69, 9.17) is 4.74 Å². The second kappa shape index (κ2) is 7.77. The van der Waals surface area contributed by atoms with Crippen molar-refractivity contribution in [2.24, 2.45) is 0 Å². The molecule has 1 fully saturated rings. The number of nitrogens with one attached hydrogen (secondary N) is 2. The number of anilines is 2. The molecule has 2 N–H and O–H groups in total. The van der Waals surface area contributed by atoms with Crippen molar-refractivity contribution in [2.45, 2.75) is 38.6 Å². The van der Waals surface area contributed by atoms with Gasteiger partial charge in [0.15, 0.2) is 0 Å². The van der Waals surface area contributed by atoms with Gasteiger partial charge >= 0.3 is 0 Å². The number of carbonyl (C=O) groups excluding carboxylic acids is 1. The Bertz CT molecular complexity index is 664. The lowest BCUT2D eigenvalue weighted by molar-refractivity contribution is 0.102. The maximum absolute atomic E-state index is 12.2. The van der Waals surface area contributed by atoms with Crippen LogP contribution in [-0.2, 0) is 0 Å². The third kappa shape index (κ3) is 4.22. The highest BCUT2D eigenvalue weighted by Gasteiger charge is 2.15. The molecule has 1 aromatic heterocycles. The van der Waals surface area contributed by atoms with Crippen molar-refractivity contribution < 1.29 is 9.53 Å². The molecule has 126 valence electrons. The van der Waals surface area contributed by atoms with Gasteiger partial charge in [0, 0.05) is 11.7 Å². The summed E-state index contributed by atoms with van der Waals surface area (Å²) in [5.41, 5.74) is 0.985. The van der Waals surface area contributed by atoms with Gasteiger partial charge in [-0.3, -0.25) is 4.79 Å². The van der Waals surface area contributed by atoms with Crippen molar-refractivity contribution in [3.8, 4) is 5.75 Å². The van der Waals surface area contributed by atoms with Crippen molar-refractivity contribution in [1.29, 1.82) is 0 Å².